The number of halogens is 1. The van der Waals surface area contributed by atoms with Gasteiger partial charge < -0.3 is 10.5 Å². The molecule has 4 nitrogen and oxygen atoms in total. The first-order chi connectivity index (χ1) is 9.97. The molecule has 0 saturated heterocycles. The number of hydrogen-bond donors (Lipinski definition) is 1. The summed E-state index contributed by atoms with van der Waals surface area (Å²) >= 11 is 0. The third kappa shape index (κ3) is 3.66. The predicted molar refractivity (Wildman–Crippen MR) is 75.9 cm³/mol. The third-order valence-electron chi connectivity index (χ3n) is 2.95. The molecule has 0 aliphatic heterocycles. The highest BCUT2D eigenvalue weighted by Crippen LogP contribution is 2.16. The zero-order chi connectivity index (χ0) is 15.4. The van der Waals surface area contributed by atoms with Crippen molar-refractivity contribution in [3.05, 3.63) is 65.0 Å². The number of amides is 1. The normalized spacial score (nSPS) is 10.2. The molecule has 0 bridgehead atoms. The summed E-state index contributed by atoms with van der Waals surface area (Å²) in [5, 5.41) is 0. The number of rotatable bonds is 5. The van der Waals surface area contributed by atoms with Crippen LogP contribution >= 0.6 is 0 Å². The summed E-state index contributed by atoms with van der Waals surface area (Å²) in [6, 6.07) is 10.7. The van der Waals surface area contributed by atoms with Gasteiger partial charge in [0, 0.05) is 11.6 Å². The zero-order valence-corrected chi connectivity index (χ0v) is 11.4. The van der Waals surface area contributed by atoms with Crippen molar-refractivity contribution < 1.29 is 18.7 Å². The first-order valence-electron chi connectivity index (χ1n) is 6.29. The van der Waals surface area contributed by atoms with Gasteiger partial charge in [0.25, 0.3) is 5.91 Å². The highest BCUT2D eigenvalue weighted by Gasteiger charge is 2.11. The minimum Gasteiger partial charge on any atom is -0.485 e. The van der Waals surface area contributed by atoms with Gasteiger partial charge in [-0.2, -0.15) is 0 Å². The summed E-state index contributed by atoms with van der Waals surface area (Å²) in [7, 11) is 0. The van der Waals surface area contributed by atoms with Crippen LogP contribution in [0.2, 0.25) is 0 Å². The van der Waals surface area contributed by atoms with E-state index >= 15 is 0 Å². The van der Waals surface area contributed by atoms with Gasteiger partial charge in [0.1, 0.15) is 11.6 Å². The lowest BCUT2D eigenvalue weighted by molar-refractivity contribution is 0.0919. The van der Waals surface area contributed by atoms with Crippen LogP contribution in [0, 0.1) is 12.7 Å². The Bertz CT molecular complexity index is 680. The third-order valence-corrected chi connectivity index (χ3v) is 2.95. The molecule has 0 fully saturated rings. The van der Waals surface area contributed by atoms with E-state index in [0.717, 1.165) is 11.6 Å². The van der Waals surface area contributed by atoms with E-state index in [1.165, 1.54) is 12.1 Å². The van der Waals surface area contributed by atoms with Gasteiger partial charge in [-0.05, 0) is 19.1 Å². The van der Waals surface area contributed by atoms with Crippen LogP contribution in [0.4, 0.5) is 4.39 Å². The van der Waals surface area contributed by atoms with Crippen LogP contribution in [-0.4, -0.2) is 18.3 Å². The highest BCUT2D eigenvalue weighted by atomic mass is 19.1. The molecule has 0 heterocycles. The van der Waals surface area contributed by atoms with Crippen molar-refractivity contribution in [3.8, 4) is 5.75 Å². The molecule has 0 radical (unpaired) electrons. The van der Waals surface area contributed by atoms with Gasteiger partial charge >= 0.3 is 0 Å². The fourth-order valence-corrected chi connectivity index (χ4v) is 1.76. The van der Waals surface area contributed by atoms with Crippen molar-refractivity contribution in [3.63, 3.8) is 0 Å². The standard InChI is InChI=1S/C16H14FNO3/c1-10-2-4-11(5-3-10)15(19)9-21-12-6-7-13(16(18)20)14(17)8-12/h2-8H,9H2,1H3,(H2,18,20). The Morgan fingerprint density at radius 3 is 2.38 bits per heavy atom. The molecule has 2 N–H and O–H groups in total. The minimum absolute atomic E-state index is 0.165. The number of ether oxygens (including phenoxy) is 1. The van der Waals surface area contributed by atoms with Gasteiger partial charge in [-0.15, -0.1) is 0 Å². The van der Waals surface area contributed by atoms with Gasteiger partial charge in [-0.1, -0.05) is 29.8 Å². The fraction of sp³-hybridized carbons (Fsp3) is 0.125. The number of benzene rings is 2. The van der Waals surface area contributed by atoms with Crippen LogP contribution in [0.3, 0.4) is 0 Å². The second kappa shape index (κ2) is 6.17. The molecule has 0 spiro atoms. The number of primary amides is 1. The van der Waals surface area contributed by atoms with Gasteiger partial charge in [-0.25, -0.2) is 4.39 Å². The van der Waals surface area contributed by atoms with E-state index in [1.54, 1.807) is 12.1 Å². The summed E-state index contributed by atoms with van der Waals surface area (Å²) in [5.74, 6) is -1.68. The van der Waals surface area contributed by atoms with Gasteiger partial charge in [0.05, 0.1) is 5.56 Å². The van der Waals surface area contributed by atoms with Crippen molar-refractivity contribution in [1.82, 2.24) is 0 Å². The summed E-state index contributed by atoms with van der Waals surface area (Å²) in [6.07, 6.45) is 0. The van der Waals surface area contributed by atoms with Crippen molar-refractivity contribution in [2.24, 2.45) is 5.73 Å². The molecule has 2 rings (SSSR count). The van der Waals surface area contributed by atoms with E-state index in [4.69, 9.17) is 10.5 Å². The Balaban J connectivity index is 2.03. The van der Waals surface area contributed by atoms with E-state index in [-0.39, 0.29) is 23.7 Å². The summed E-state index contributed by atoms with van der Waals surface area (Å²) in [5.41, 5.74) is 6.36. The summed E-state index contributed by atoms with van der Waals surface area (Å²) in [6.45, 7) is 1.71. The second-order valence-electron chi connectivity index (χ2n) is 4.58. The Hall–Kier alpha value is -2.69. The average Bonchev–Trinajstić information content (AvgIpc) is 2.45. The number of hydrogen-bond acceptors (Lipinski definition) is 3. The maximum atomic E-state index is 13.5. The molecule has 0 aromatic heterocycles. The first kappa shape index (κ1) is 14.7. The maximum absolute atomic E-state index is 13.5. The Kier molecular flexibility index (Phi) is 4.33. The van der Waals surface area contributed by atoms with Crippen LogP contribution in [0.15, 0.2) is 42.5 Å². The average molecular weight is 287 g/mol. The van der Waals surface area contributed by atoms with E-state index in [2.05, 4.69) is 0 Å². The SMILES string of the molecule is Cc1ccc(C(=O)COc2ccc(C(N)=O)c(F)c2)cc1. The number of nitrogens with two attached hydrogens (primary N) is 1. The summed E-state index contributed by atoms with van der Waals surface area (Å²) in [4.78, 5) is 22.8. The van der Waals surface area contributed by atoms with E-state index in [9.17, 15) is 14.0 Å². The number of aryl methyl sites for hydroxylation is 1. The van der Waals surface area contributed by atoms with Gasteiger partial charge in [0.15, 0.2) is 12.4 Å². The fourth-order valence-electron chi connectivity index (χ4n) is 1.76. The van der Waals surface area contributed by atoms with Crippen LogP contribution in [0.1, 0.15) is 26.3 Å². The Morgan fingerprint density at radius 1 is 1.14 bits per heavy atom. The largest absolute Gasteiger partial charge is 0.485 e. The smallest absolute Gasteiger partial charge is 0.251 e. The Labute approximate surface area is 121 Å². The molecule has 1 amide bonds. The molecular weight excluding hydrogens is 273 g/mol. The predicted octanol–water partition coefficient (Wildman–Crippen LogP) is 2.49. The molecule has 0 saturated carbocycles. The minimum atomic E-state index is -0.852. The highest BCUT2D eigenvalue weighted by molar-refractivity contribution is 5.97. The number of ketones is 1. The van der Waals surface area contributed by atoms with Crippen molar-refractivity contribution in [2.75, 3.05) is 6.61 Å². The van der Waals surface area contributed by atoms with Crippen LogP contribution < -0.4 is 10.5 Å². The molecule has 5 heteroatoms. The quantitative estimate of drug-likeness (QED) is 0.859. The van der Waals surface area contributed by atoms with Crippen molar-refractivity contribution in [1.29, 1.82) is 0 Å². The molecule has 0 aliphatic rings. The van der Waals surface area contributed by atoms with E-state index < -0.39 is 11.7 Å². The molecule has 2 aromatic carbocycles. The summed E-state index contributed by atoms with van der Waals surface area (Å²) < 4.78 is 18.8. The lowest BCUT2D eigenvalue weighted by atomic mass is 10.1. The van der Waals surface area contributed by atoms with Gasteiger partial charge in [0.2, 0.25) is 0 Å². The number of carbonyl (C=O) groups excluding carboxylic acids is 2. The molecule has 0 aliphatic carbocycles. The number of carbonyl (C=O) groups is 2. The molecular formula is C16H14FNO3. The van der Waals surface area contributed by atoms with Crippen LogP contribution in [0.5, 0.6) is 5.75 Å². The molecule has 108 valence electrons. The van der Waals surface area contributed by atoms with Crippen LogP contribution in [0.25, 0.3) is 0 Å². The number of Topliss-reactive ketones (excluding diaryl/α,β-unsaturated/α-hetero) is 1. The lowest BCUT2D eigenvalue weighted by Crippen LogP contribution is -2.14. The van der Waals surface area contributed by atoms with Gasteiger partial charge in [-0.3, -0.25) is 9.59 Å². The van der Waals surface area contributed by atoms with Crippen molar-refractivity contribution in [2.45, 2.75) is 6.92 Å². The van der Waals surface area contributed by atoms with E-state index in [0.29, 0.717) is 5.56 Å². The lowest BCUT2D eigenvalue weighted by Gasteiger charge is -2.07. The molecule has 0 atom stereocenters. The molecule has 21 heavy (non-hydrogen) atoms. The molecule has 2 aromatic rings. The van der Waals surface area contributed by atoms with E-state index in [1.807, 2.05) is 19.1 Å². The molecule has 0 unspecified atom stereocenters. The first-order valence-corrected chi connectivity index (χ1v) is 6.29. The van der Waals surface area contributed by atoms with Crippen LogP contribution in [-0.2, 0) is 0 Å². The maximum Gasteiger partial charge on any atom is 0.251 e. The monoisotopic (exact) mass is 287 g/mol. The second-order valence-corrected chi connectivity index (χ2v) is 4.58. The zero-order valence-electron chi connectivity index (χ0n) is 11.4. The Morgan fingerprint density at radius 2 is 1.81 bits per heavy atom. The van der Waals surface area contributed by atoms with Crippen molar-refractivity contribution >= 4 is 11.7 Å². The topological polar surface area (TPSA) is 69.4 Å².